The summed E-state index contributed by atoms with van der Waals surface area (Å²) in [5.74, 6) is 1.97. The fraction of sp³-hybridized carbons (Fsp3) is 0.429. The zero-order valence-corrected chi connectivity index (χ0v) is 17.0. The van der Waals surface area contributed by atoms with Crippen LogP contribution in [0.1, 0.15) is 37.1 Å². The predicted molar refractivity (Wildman–Crippen MR) is 112 cm³/mol. The summed E-state index contributed by atoms with van der Waals surface area (Å²) in [5.41, 5.74) is 2.28. The first-order chi connectivity index (χ1) is 13.6. The Bertz CT molecular complexity index is 915. The van der Waals surface area contributed by atoms with Crippen molar-refractivity contribution in [2.45, 2.75) is 38.1 Å². The van der Waals surface area contributed by atoms with Gasteiger partial charge in [-0.05, 0) is 31.0 Å². The third-order valence-corrected chi connectivity index (χ3v) is 6.41. The van der Waals surface area contributed by atoms with E-state index >= 15 is 0 Å². The zero-order chi connectivity index (χ0) is 19.7. The van der Waals surface area contributed by atoms with E-state index in [1.165, 1.54) is 30.6 Å². The Morgan fingerprint density at radius 2 is 1.89 bits per heavy atom. The number of thiazole rings is 1. The highest BCUT2D eigenvalue weighted by molar-refractivity contribution is 7.11. The number of aliphatic hydroxyl groups excluding tert-OH is 1. The Labute approximate surface area is 168 Å². The normalized spacial score (nSPS) is 18.1. The molecule has 0 bridgehead atoms. The van der Waals surface area contributed by atoms with E-state index in [2.05, 4.69) is 0 Å². The molecule has 2 N–H and O–H groups in total. The highest BCUT2D eigenvalue weighted by atomic mass is 32.1. The van der Waals surface area contributed by atoms with Gasteiger partial charge in [-0.15, -0.1) is 11.3 Å². The van der Waals surface area contributed by atoms with Crippen molar-refractivity contribution < 1.29 is 14.6 Å². The van der Waals surface area contributed by atoms with Crippen molar-refractivity contribution in [3.05, 3.63) is 34.3 Å². The molecule has 0 radical (unpaired) electrons. The molecule has 1 aromatic heterocycles. The Balaban J connectivity index is 1.59. The first kappa shape index (κ1) is 18.8. The quantitative estimate of drug-likeness (QED) is 0.760. The predicted octanol–water partition coefficient (Wildman–Crippen LogP) is 4.72. The highest BCUT2D eigenvalue weighted by Gasteiger charge is 2.34. The minimum atomic E-state index is 0.254. The summed E-state index contributed by atoms with van der Waals surface area (Å²) < 4.78 is 10.7. The molecule has 1 aliphatic heterocycles. The van der Waals surface area contributed by atoms with E-state index in [1.54, 1.807) is 14.2 Å². The Hall–Kier alpha value is -2.54. The molecule has 1 saturated carbocycles. The average molecular weight is 400 g/mol. The van der Waals surface area contributed by atoms with Crippen LogP contribution in [0.15, 0.2) is 29.3 Å². The lowest BCUT2D eigenvalue weighted by atomic mass is 9.94. The van der Waals surface area contributed by atoms with Crippen molar-refractivity contribution in [2.24, 2.45) is 0 Å². The molecule has 0 saturated heterocycles. The average Bonchev–Trinajstić information content (AvgIpc) is 3.32. The molecule has 1 aliphatic carbocycles. The molecular weight excluding hydrogens is 374 g/mol. The lowest BCUT2D eigenvalue weighted by Crippen LogP contribution is -2.38. The van der Waals surface area contributed by atoms with Gasteiger partial charge in [0.1, 0.15) is 16.6 Å². The molecule has 28 heavy (non-hydrogen) atoms. The van der Waals surface area contributed by atoms with Crippen LogP contribution in [0.25, 0.3) is 16.8 Å². The van der Waals surface area contributed by atoms with Gasteiger partial charge in [0, 0.05) is 17.0 Å². The first-order valence-corrected chi connectivity index (χ1v) is 10.5. The standard InChI is InChI=1S/C21H25N3O3S/c1-26-17-9-8-13(10-18(17)27-2)15-12-28-21(23-15)19-16(25)11-24(20(19)22)14-6-4-3-5-7-14/h8-10,12,14,22,25H,3-7,11H2,1-2H3. The molecule has 4 rings (SSSR count). The van der Waals surface area contributed by atoms with Crippen molar-refractivity contribution in [2.75, 3.05) is 20.8 Å². The van der Waals surface area contributed by atoms with Crippen LogP contribution < -0.4 is 9.47 Å². The Kier molecular flexibility index (Phi) is 5.26. The molecule has 6 nitrogen and oxygen atoms in total. The maximum Gasteiger partial charge on any atom is 0.161 e. The van der Waals surface area contributed by atoms with Crippen molar-refractivity contribution in [3.8, 4) is 22.8 Å². The van der Waals surface area contributed by atoms with Gasteiger partial charge in [-0.25, -0.2) is 4.98 Å². The number of aliphatic hydroxyl groups is 1. The third kappa shape index (κ3) is 3.35. The van der Waals surface area contributed by atoms with Crippen molar-refractivity contribution in [3.63, 3.8) is 0 Å². The number of benzene rings is 1. The number of amidine groups is 1. The molecule has 0 spiro atoms. The Morgan fingerprint density at radius 3 is 2.61 bits per heavy atom. The van der Waals surface area contributed by atoms with Crippen LogP contribution >= 0.6 is 11.3 Å². The number of ether oxygens (including phenoxy) is 2. The SMILES string of the molecule is COc1ccc(-c2csc(C3=C(O)CN(C4CCCCC4)C3=N)n2)cc1OC. The molecule has 2 heterocycles. The minimum Gasteiger partial charge on any atom is -0.510 e. The van der Waals surface area contributed by atoms with Gasteiger partial charge < -0.3 is 19.5 Å². The van der Waals surface area contributed by atoms with Crippen LogP contribution in [0.4, 0.5) is 0 Å². The van der Waals surface area contributed by atoms with E-state index in [9.17, 15) is 5.11 Å². The lowest BCUT2D eigenvalue weighted by Gasteiger charge is -2.32. The molecule has 1 fully saturated rings. The second-order valence-corrected chi connectivity index (χ2v) is 8.06. The van der Waals surface area contributed by atoms with Crippen molar-refractivity contribution >= 4 is 22.7 Å². The van der Waals surface area contributed by atoms with E-state index < -0.39 is 0 Å². The van der Waals surface area contributed by atoms with Gasteiger partial charge in [-0.2, -0.15) is 0 Å². The number of nitrogens with one attached hydrogen (secondary N) is 1. The fourth-order valence-electron chi connectivity index (χ4n) is 4.05. The Morgan fingerprint density at radius 1 is 1.14 bits per heavy atom. The van der Waals surface area contributed by atoms with Gasteiger partial charge in [0.15, 0.2) is 11.5 Å². The summed E-state index contributed by atoms with van der Waals surface area (Å²) in [7, 11) is 3.22. The van der Waals surface area contributed by atoms with Crippen molar-refractivity contribution in [1.29, 1.82) is 5.41 Å². The summed E-state index contributed by atoms with van der Waals surface area (Å²) in [5, 5.41) is 21.8. The molecule has 7 heteroatoms. The summed E-state index contributed by atoms with van der Waals surface area (Å²) in [6, 6.07) is 6.03. The number of hydrogen-bond acceptors (Lipinski definition) is 6. The summed E-state index contributed by atoms with van der Waals surface area (Å²) >= 11 is 1.45. The number of hydrogen-bond donors (Lipinski definition) is 2. The number of rotatable bonds is 5. The van der Waals surface area contributed by atoms with Crippen LogP contribution in [0.3, 0.4) is 0 Å². The summed E-state index contributed by atoms with van der Waals surface area (Å²) in [6.45, 7) is 0.421. The van der Waals surface area contributed by atoms with E-state index in [-0.39, 0.29) is 5.76 Å². The number of methoxy groups -OCH3 is 2. The molecule has 2 aromatic rings. The first-order valence-electron chi connectivity index (χ1n) is 9.58. The van der Waals surface area contributed by atoms with E-state index in [0.717, 1.165) is 24.1 Å². The second kappa shape index (κ2) is 7.83. The second-order valence-electron chi connectivity index (χ2n) is 7.20. The van der Waals surface area contributed by atoms with Gasteiger partial charge in [0.2, 0.25) is 0 Å². The lowest BCUT2D eigenvalue weighted by molar-refractivity contribution is 0.241. The van der Waals surface area contributed by atoms with Crippen LogP contribution in [0.5, 0.6) is 11.5 Å². The molecule has 0 atom stereocenters. The maximum absolute atomic E-state index is 10.6. The van der Waals surface area contributed by atoms with Crippen LogP contribution in [0, 0.1) is 5.41 Å². The smallest absolute Gasteiger partial charge is 0.161 e. The van der Waals surface area contributed by atoms with Gasteiger partial charge in [-0.1, -0.05) is 19.3 Å². The zero-order valence-electron chi connectivity index (χ0n) is 16.2. The van der Waals surface area contributed by atoms with E-state index in [0.29, 0.717) is 40.5 Å². The van der Waals surface area contributed by atoms with Crippen LogP contribution in [-0.2, 0) is 0 Å². The van der Waals surface area contributed by atoms with E-state index in [1.807, 2.05) is 28.5 Å². The molecule has 2 aliphatic rings. The largest absolute Gasteiger partial charge is 0.510 e. The number of nitrogens with zero attached hydrogens (tertiary/aromatic N) is 2. The van der Waals surface area contributed by atoms with Gasteiger partial charge >= 0.3 is 0 Å². The highest BCUT2D eigenvalue weighted by Crippen LogP contribution is 2.37. The van der Waals surface area contributed by atoms with Crippen LogP contribution in [0.2, 0.25) is 0 Å². The third-order valence-electron chi connectivity index (χ3n) is 5.55. The van der Waals surface area contributed by atoms with Gasteiger partial charge in [0.05, 0.1) is 32.0 Å². The monoisotopic (exact) mass is 399 g/mol. The maximum atomic E-state index is 10.6. The molecule has 0 unspecified atom stereocenters. The van der Waals surface area contributed by atoms with Crippen LogP contribution in [-0.4, -0.2) is 47.6 Å². The topological polar surface area (TPSA) is 78.7 Å². The fourth-order valence-corrected chi connectivity index (χ4v) is 4.94. The van der Waals surface area contributed by atoms with Gasteiger partial charge in [0.25, 0.3) is 0 Å². The summed E-state index contributed by atoms with van der Waals surface area (Å²) in [6.07, 6.45) is 5.86. The van der Waals surface area contributed by atoms with E-state index in [4.69, 9.17) is 19.9 Å². The molecule has 0 amide bonds. The van der Waals surface area contributed by atoms with Crippen molar-refractivity contribution in [1.82, 2.24) is 9.88 Å². The number of aromatic nitrogens is 1. The summed E-state index contributed by atoms with van der Waals surface area (Å²) in [4.78, 5) is 6.75. The van der Waals surface area contributed by atoms with Gasteiger partial charge in [-0.3, -0.25) is 5.41 Å². The minimum absolute atomic E-state index is 0.254. The molecule has 148 valence electrons. The molecular formula is C21H25N3O3S. The molecule has 1 aromatic carbocycles.